The van der Waals surface area contributed by atoms with Crippen molar-refractivity contribution in [3.8, 4) is 0 Å². The third kappa shape index (κ3) is 3.80. The zero-order valence-corrected chi connectivity index (χ0v) is 12.8. The van der Waals surface area contributed by atoms with Crippen LogP contribution in [0.4, 0.5) is 0 Å². The quantitative estimate of drug-likeness (QED) is 0.928. The molecule has 1 aliphatic heterocycles. The number of benzene rings is 1. The summed E-state index contributed by atoms with van der Waals surface area (Å²) in [6.07, 6.45) is 2.08. The summed E-state index contributed by atoms with van der Waals surface area (Å²) >= 11 is 3.47. The first kappa shape index (κ1) is 14.5. The number of likely N-dealkylation sites (tertiary alicyclic amines) is 1. The van der Waals surface area contributed by atoms with Crippen LogP contribution in [0.2, 0.25) is 0 Å². The number of rotatable bonds is 3. The zero-order chi connectivity index (χ0) is 13.8. The molecule has 2 atom stereocenters. The minimum atomic E-state index is -0.334. The van der Waals surface area contributed by atoms with Crippen molar-refractivity contribution in [1.29, 1.82) is 0 Å². The van der Waals surface area contributed by atoms with Gasteiger partial charge in [0.15, 0.2) is 0 Å². The highest BCUT2D eigenvalue weighted by molar-refractivity contribution is 9.10. The van der Waals surface area contributed by atoms with Crippen molar-refractivity contribution in [1.82, 2.24) is 4.90 Å². The lowest BCUT2D eigenvalue weighted by Crippen LogP contribution is -2.43. The highest BCUT2D eigenvalue weighted by Gasteiger charge is 2.26. The van der Waals surface area contributed by atoms with Crippen molar-refractivity contribution in [3.05, 3.63) is 34.3 Å². The number of aliphatic hydroxyl groups excluding tert-OH is 1. The number of carbonyl (C=O) groups is 1. The molecule has 0 aliphatic carbocycles. The van der Waals surface area contributed by atoms with Crippen molar-refractivity contribution in [2.24, 2.45) is 5.92 Å². The number of aliphatic hydroxyl groups is 1. The van der Waals surface area contributed by atoms with E-state index in [-0.39, 0.29) is 17.9 Å². The van der Waals surface area contributed by atoms with Crippen LogP contribution in [-0.4, -0.2) is 35.1 Å². The van der Waals surface area contributed by atoms with Crippen molar-refractivity contribution in [2.75, 3.05) is 13.1 Å². The van der Waals surface area contributed by atoms with Crippen LogP contribution in [0.5, 0.6) is 0 Å². The third-order valence-electron chi connectivity index (χ3n) is 3.79. The van der Waals surface area contributed by atoms with E-state index in [2.05, 4.69) is 15.9 Å². The number of piperidine rings is 1. The van der Waals surface area contributed by atoms with Gasteiger partial charge in [-0.3, -0.25) is 4.79 Å². The van der Waals surface area contributed by atoms with Crippen molar-refractivity contribution >= 4 is 21.8 Å². The van der Waals surface area contributed by atoms with E-state index in [9.17, 15) is 9.90 Å². The molecule has 2 rings (SSSR count). The van der Waals surface area contributed by atoms with Gasteiger partial charge in [-0.25, -0.2) is 0 Å². The Morgan fingerprint density at radius 2 is 2.26 bits per heavy atom. The van der Waals surface area contributed by atoms with E-state index in [0.29, 0.717) is 13.0 Å². The maximum atomic E-state index is 12.3. The van der Waals surface area contributed by atoms with Gasteiger partial charge in [-0.05, 0) is 31.4 Å². The minimum absolute atomic E-state index is 0.150. The van der Waals surface area contributed by atoms with Gasteiger partial charge in [-0.15, -0.1) is 0 Å². The second-order valence-corrected chi connectivity index (χ2v) is 6.11. The summed E-state index contributed by atoms with van der Waals surface area (Å²) in [5.41, 5.74) is 1.02. The summed E-state index contributed by atoms with van der Waals surface area (Å²) in [6, 6.07) is 7.82. The van der Waals surface area contributed by atoms with Crippen LogP contribution in [-0.2, 0) is 11.2 Å². The monoisotopic (exact) mass is 325 g/mol. The molecule has 1 fully saturated rings. The fourth-order valence-corrected chi connectivity index (χ4v) is 2.97. The summed E-state index contributed by atoms with van der Waals surface area (Å²) in [5, 5.41) is 9.67. The highest BCUT2D eigenvalue weighted by atomic mass is 79.9. The molecule has 0 saturated carbocycles. The fraction of sp³-hybridized carbons (Fsp3) is 0.533. The number of hydrogen-bond donors (Lipinski definition) is 1. The normalized spacial score (nSPS) is 21.2. The molecule has 0 spiro atoms. The lowest BCUT2D eigenvalue weighted by Gasteiger charge is -2.34. The predicted octanol–water partition coefficient (Wildman–Crippen LogP) is 2.61. The molecule has 1 aromatic carbocycles. The Kier molecular flexibility index (Phi) is 4.99. The van der Waals surface area contributed by atoms with Crippen LogP contribution in [0.1, 0.15) is 25.3 Å². The van der Waals surface area contributed by atoms with Crippen LogP contribution < -0.4 is 0 Å². The Bertz CT molecular complexity index is 448. The molecule has 0 aromatic heterocycles. The lowest BCUT2D eigenvalue weighted by atomic mass is 9.93. The van der Waals surface area contributed by atoms with Gasteiger partial charge in [0.05, 0.1) is 12.5 Å². The van der Waals surface area contributed by atoms with Gasteiger partial charge in [0.2, 0.25) is 5.91 Å². The first-order chi connectivity index (χ1) is 9.08. The molecule has 4 heteroatoms. The topological polar surface area (TPSA) is 40.5 Å². The highest BCUT2D eigenvalue weighted by Crippen LogP contribution is 2.22. The van der Waals surface area contributed by atoms with E-state index in [1.54, 1.807) is 0 Å². The van der Waals surface area contributed by atoms with E-state index >= 15 is 0 Å². The zero-order valence-electron chi connectivity index (χ0n) is 11.2. The van der Waals surface area contributed by atoms with E-state index in [1.807, 2.05) is 36.1 Å². The number of halogens is 1. The molecule has 1 aliphatic rings. The van der Waals surface area contributed by atoms with E-state index in [1.165, 1.54) is 0 Å². The smallest absolute Gasteiger partial charge is 0.227 e. The first-order valence-corrected chi connectivity index (χ1v) is 7.56. The molecular weight excluding hydrogens is 306 g/mol. The standard InChI is InChI=1S/C15H20BrNO2/c1-11(18)13-6-4-8-17(10-13)15(19)9-12-5-2-3-7-14(12)16/h2-3,5,7,11,13,18H,4,6,8-10H2,1H3. The average molecular weight is 326 g/mol. The molecule has 104 valence electrons. The minimum Gasteiger partial charge on any atom is -0.393 e. The summed E-state index contributed by atoms with van der Waals surface area (Å²) in [4.78, 5) is 14.2. The van der Waals surface area contributed by atoms with Gasteiger partial charge in [0, 0.05) is 23.5 Å². The second-order valence-electron chi connectivity index (χ2n) is 5.25. The summed E-state index contributed by atoms with van der Waals surface area (Å²) in [5.74, 6) is 0.370. The number of carbonyl (C=O) groups excluding carboxylic acids is 1. The van der Waals surface area contributed by atoms with Crippen molar-refractivity contribution in [2.45, 2.75) is 32.3 Å². The molecule has 1 amide bonds. The Morgan fingerprint density at radius 1 is 1.53 bits per heavy atom. The maximum Gasteiger partial charge on any atom is 0.227 e. The van der Waals surface area contributed by atoms with Crippen molar-refractivity contribution < 1.29 is 9.90 Å². The Balaban J connectivity index is 1.98. The van der Waals surface area contributed by atoms with E-state index in [0.717, 1.165) is 29.4 Å². The van der Waals surface area contributed by atoms with Gasteiger partial charge in [-0.2, -0.15) is 0 Å². The predicted molar refractivity (Wildman–Crippen MR) is 78.8 cm³/mol. The molecule has 1 N–H and O–H groups in total. The largest absolute Gasteiger partial charge is 0.393 e. The molecule has 19 heavy (non-hydrogen) atoms. The molecule has 0 radical (unpaired) electrons. The number of hydrogen-bond acceptors (Lipinski definition) is 2. The van der Waals surface area contributed by atoms with Gasteiger partial charge < -0.3 is 10.0 Å². The molecule has 0 bridgehead atoms. The third-order valence-corrected chi connectivity index (χ3v) is 4.57. The molecule has 1 aromatic rings. The Labute approximate surface area is 122 Å². The number of amides is 1. The fourth-order valence-electron chi connectivity index (χ4n) is 2.55. The van der Waals surface area contributed by atoms with Crippen LogP contribution in [0.15, 0.2) is 28.7 Å². The first-order valence-electron chi connectivity index (χ1n) is 6.77. The van der Waals surface area contributed by atoms with Crippen molar-refractivity contribution in [3.63, 3.8) is 0 Å². The van der Waals surface area contributed by atoms with Crippen LogP contribution in [0.3, 0.4) is 0 Å². The Hall–Kier alpha value is -0.870. The lowest BCUT2D eigenvalue weighted by molar-refractivity contribution is -0.133. The van der Waals surface area contributed by atoms with Gasteiger partial charge >= 0.3 is 0 Å². The van der Waals surface area contributed by atoms with Gasteiger partial charge in [-0.1, -0.05) is 34.1 Å². The maximum absolute atomic E-state index is 12.3. The second kappa shape index (κ2) is 6.53. The van der Waals surface area contributed by atoms with Gasteiger partial charge in [0.25, 0.3) is 0 Å². The average Bonchev–Trinajstić information content (AvgIpc) is 2.41. The molecule has 3 nitrogen and oxygen atoms in total. The number of nitrogens with zero attached hydrogens (tertiary/aromatic N) is 1. The van der Waals surface area contributed by atoms with Crippen LogP contribution >= 0.6 is 15.9 Å². The van der Waals surface area contributed by atoms with Gasteiger partial charge in [0.1, 0.15) is 0 Å². The molecule has 2 unspecified atom stereocenters. The summed E-state index contributed by atoms with van der Waals surface area (Å²) in [7, 11) is 0. The van der Waals surface area contributed by atoms with E-state index < -0.39 is 0 Å². The van der Waals surface area contributed by atoms with E-state index in [4.69, 9.17) is 0 Å². The summed E-state index contributed by atoms with van der Waals surface area (Å²) in [6.45, 7) is 3.31. The molecular formula is C15H20BrNO2. The van der Waals surface area contributed by atoms with Crippen LogP contribution in [0.25, 0.3) is 0 Å². The summed E-state index contributed by atoms with van der Waals surface area (Å²) < 4.78 is 0.979. The Morgan fingerprint density at radius 3 is 2.95 bits per heavy atom. The molecule has 1 heterocycles. The molecule has 1 saturated heterocycles. The van der Waals surface area contributed by atoms with Crippen LogP contribution in [0, 0.1) is 5.92 Å². The SMILES string of the molecule is CC(O)C1CCCN(C(=O)Cc2ccccc2Br)C1.